The number of aliphatic hydroxyl groups is 1. The molecule has 1 aliphatic rings. The number of hydrogen-bond donors (Lipinski definition) is 3. The number of aromatic hydroxyl groups is 1. The van der Waals surface area contributed by atoms with E-state index in [2.05, 4.69) is 10.3 Å². The van der Waals surface area contributed by atoms with E-state index in [1.807, 2.05) is 0 Å². The van der Waals surface area contributed by atoms with Crippen molar-refractivity contribution < 1.29 is 29.2 Å². The second-order valence-corrected chi connectivity index (χ2v) is 7.79. The first-order valence-corrected chi connectivity index (χ1v) is 10.8. The Balaban J connectivity index is 1.73. The van der Waals surface area contributed by atoms with Gasteiger partial charge in [-0.15, -0.1) is 0 Å². The molecule has 2 aromatic carbocycles. The number of benzene rings is 2. The Morgan fingerprint density at radius 2 is 1.83 bits per heavy atom. The summed E-state index contributed by atoms with van der Waals surface area (Å²) < 4.78 is 26.3. The number of aliphatic hydroxyl groups excluding tert-OH is 1. The summed E-state index contributed by atoms with van der Waals surface area (Å²) in [5.74, 6) is 0.566. The molecule has 1 atom stereocenters. The lowest BCUT2D eigenvalue weighted by atomic mass is 10.2. The van der Waals surface area contributed by atoms with Crippen LogP contribution in [-0.4, -0.2) is 45.5 Å². The van der Waals surface area contributed by atoms with E-state index in [1.54, 1.807) is 29.2 Å². The summed E-state index contributed by atoms with van der Waals surface area (Å²) in [6, 6.07) is 12.4. The number of rotatable bonds is 10. The number of nitrogens with zero attached hydrogens (tertiary/aromatic N) is 3. The molecule has 0 saturated carbocycles. The number of ether oxygens (including phenoxy) is 2. The van der Waals surface area contributed by atoms with E-state index in [0.717, 1.165) is 10.1 Å². The van der Waals surface area contributed by atoms with Gasteiger partial charge >= 0.3 is 5.69 Å². The van der Waals surface area contributed by atoms with Gasteiger partial charge in [0.2, 0.25) is 0 Å². The zero-order valence-electron chi connectivity index (χ0n) is 18.9. The molecule has 0 fully saturated rings. The zero-order chi connectivity index (χ0) is 24.9. The molecule has 35 heavy (non-hydrogen) atoms. The molecule has 0 bridgehead atoms. The van der Waals surface area contributed by atoms with Crippen molar-refractivity contribution >= 4 is 11.5 Å². The number of phenols is 1. The van der Waals surface area contributed by atoms with Gasteiger partial charge in [-0.2, -0.15) is 0 Å². The Morgan fingerprint density at radius 1 is 1.09 bits per heavy atom. The summed E-state index contributed by atoms with van der Waals surface area (Å²) in [6.07, 6.45) is -0.923. The molecule has 0 saturated heterocycles. The lowest BCUT2D eigenvalue weighted by Crippen LogP contribution is -2.44. The van der Waals surface area contributed by atoms with Crippen molar-refractivity contribution in [1.82, 2.24) is 9.13 Å². The quantitative estimate of drug-likeness (QED) is 0.362. The van der Waals surface area contributed by atoms with Crippen LogP contribution in [0.4, 0.5) is 16.0 Å². The summed E-state index contributed by atoms with van der Waals surface area (Å²) in [6.45, 7) is 0.170. The number of hydrogen-bond acceptors (Lipinski definition) is 9. The first-order chi connectivity index (χ1) is 16.9. The molecule has 3 N–H and O–H groups in total. The van der Waals surface area contributed by atoms with Gasteiger partial charge < -0.3 is 29.9 Å². The predicted octanol–water partition coefficient (Wildman–Crippen LogP) is 1.32. The minimum atomic E-state index is -0.923. The summed E-state index contributed by atoms with van der Waals surface area (Å²) in [4.78, 5) is 31.8. The van der Waals surface area contributed by atoms with Gasteiger partial charge in [0.15, 0.2) is 5.75 Å². The summed E-state index contributed by atoms with van der Waals surface area (Å²) in [5, 5.41) is 21.6. The van der Waals surface area contributed by atoms with Crippen molar-refractivity contribution in [2.24, 2.45) is 7.05 Å². The third-order valence-corrected chi connectivity index (χ3v) is 5.48. The van der Waals surface area contributed by atoms with Crippen LogP contribution < -0.4 is 31.1 Å². The van der Waals surface area contributed by atoms with Crippen molar-refractivity contribution in [3.63, 3.8) is 0 Å². The first-order valence-electron chi connectivity index (χ1n) is 10.8. The van der Waals surface area contributed by atoms with E-state index in [1.165, 1.54) is 35.9 Å². The van der Waals surface area contributed by atoms with Crippen LogP contribution in [0.1, 0.15) is 5.56 Å². The third-order valence-electron chi connectivity index (χ3n) is 5.48. The largest absolute Gasteiger partial charge is 0.508 e. The molecule has 11 nitrogen and oxygen atoms in total. The Hall–Kier alpha value is -4.03. The Labute approximate surface area is 199 Å². The monoisotopic (exact) mass is 488 g/mol. The molecule has 1 unspecified atom stereocenters. The number of phenolic OH excluding ortho intramolecular Hbond substituents is 1. The average Bonchev–Trinajstić information content (AvgIpc) is 3.21. The highest BCUT2D eigenvalue weighted by Crippen LogP contribution is 2.33. The molecule has 0 radical (unpaired) electrons. The molecular formula is C23H25FN4O7. The SMILES string of the molecule is Cn1c2c(c(=O)n(CCOCCO)c1=O)N(Cc1ccc(O)cc1)C(Oc1cccc(OF)c1)N2. The van der Waals surface area contributed by atoms with Gasteiger partial charge in [-0.05, 0) is 29.8 Å². The van der Waals surface area contributed by atoms with E-state index in [9.17, 15) is 19.2 Å². The maximum atomic E-state index is 13.4. The Bertz CT molecular complexity index is 1290. The molecular weight excluding hydrogens is 463 g/mol. The summed E-state index contributed by atoms with van der Waals surface area (Å²) in [7, 11) is 1.53. The fourth-order valence-electron chi connectivity index (χ4n) is 3.78. The number of aromatic nitrogens is 2. The van der Waals surface area contributed by atoms with Gasteiger partial charge in [-0.3, -0.25) is 18.9 Å². The molecule has 1 aliphatic heterocycles. The Kier molecular flexibility index (Phi) is 7.22. The van der Waals surface area contributed by atoms with Crippen molar-refractivity contribution in [2.75, 3.05) is 30.0 Å². The van der Waals surface area contributed by atoms with Crippen molar-refractivity contribution in [2.45, 2.75) is 19.4 Å². The second-order valence-electron chi connectivity index (χ2n) is 7.79. The van der Waals surface area contributed by atoms with Gasteiger partial charge in [0.25, 0.3) is 11.9 Å². The molecule has 1 aromatic heterocycles. The topological polar surface area (TPSA) is 127 Å². The number of anilines is 2. The molecule has 12 heteroatoms. The van der Waals surface area contributed by atoms with E-state index in [4.69, 9.17) is 14.6 Å². The smallest absolute Gasteiger partial charge is 0.332 e. The average molecular weight is 488 g/mol. The van der Waals surface area contributed by atoms with Crippen molar-refractivity contribution in [3.8, 4) is 17.2 Å². The lowest BCUT2D eigenvalue weighted by molar-refractivity contribution is -0.00654. The van der Waals surface area contributed by atoms with Crippen LogP contribution >= 0.6 is 0 Å². The molecule has 0 amide bonds. The molecule has 0 aliphatic carbocycles. The van der Waals surface area contributed by atoms with Crippen LogP contribution in [0.2, 0.25) is 0 Å². The minimum Gasteiger partial charge on any atom is -0.508 e. The molecule has 0 spiro atoms. The van der Waals surface area contributed by atoms with Crippen LogP contribution in [0.5, 0.6) is 17.2 Å². The number of fused-ring (bicyclic) bond motifs is 1. The highest BCUT2D eigenvalue weighted by molar-refractivity contribution is 5.71. The zero-order valence-corrected chi connectivity index (χ0v) is 18.9. The van der Waals surface area contributed by atoms with E-state index in [0.29, 0.717) is 0 Å². The molecule has 4 rings (SSSR count). The normalized spacial score (nSPS) is 14.5. The van der Waals surface area contributed by atoms with Gasteiger partial charge in [-0.1, -0.05) is 18.2 Å². The standard InChI is InChI=1S/C23H25FN4O7/c1-26-20-19(21(31)27(23(26)32)9-11-33-12-10-29)28(14-15-5-7-16(30)8-6-15)22(25-20)34-17-3-2-4-18(13-17)35-24/h2-8,13,22,25,29-30H,9-12,14H2,1H3. The maximum absolute atomic E-state index is 13.4. The van der Waals surface area contributed by atoms with E-state index in [-0.39, 0.29) is 61.7 Å². The minimum absolute atomic E-state index is 0.00670. The second kappa shape index (κ2) is 10.5. The summed E-state index contributed by atoms with van der Waals surface area (Å²) >= 11 is 0. The van der Waals surface area contributed by atoms with Crippen LogP contribution in [-0.2, 0) is 24.9 Å². The third kappa shape index (κ3) is 5.08. The Morgan fingerprint density at radius 3 is 2.54 bits per heavy atom. The van der Waals surface area contributed by atoms with Crippen LogP contribution in [0, 0.1) is 0 Å². The van der Waals surface area contributed by atoms with Crippen molar-refractivity contribution in [1.29, 1.82) is 0 Å². The van der Waals surface area contributed by atoms with Crippen LogP contribution in [0.3, 0.4) is 0 Å². The number of nitrogens with one attached hydrogen (secondary N) is 1. The van der Waals surface area contributed by atoms with Crippen molar-refractivity contribution in [3.05, 3.63) is 74.9 Å². The van der Waals surface area contributed by atoms with E-state index < -0.39 is 17.6 Å². The van der Waals surface area contributed by atoms with Gasteiger partial charge in [0.05, 0.1) is 26.4 Å². The predicted molar refractivity (Wildman–Crippen MR) is 124 cm³/mol. The van der Waals surface area contributed by atoms with Crippen LogP contribution in [0.15, 0.2) is 58.1 Å². The van der Waals surface area contributed by atoms with E-state index >= 15 is 0 Å². The van der Waals surface area contributed by atoms with Crippen LogP contribution in [0.25, 0.3) is 0 Å². The highest BCUT2D eigenvalue weighted by atomic mass is 19.3. The maximum Gasteiger partial charge on any atom is 0.332 e. The van der Waals surface area contributed by atoms with Gasteiger partial charge in [0, 0.05) is 24.2 Å². The molecule has 3 aromatic rings. The first kappa shape index (κ1) is 24.1. The fourth-order valence-corrected chi connectivity index (χ4v) is 3.78. The van der Waals surface area contributed by atoms with Gasteiger partial charge in [-0.25, -0.2) is 4.79 Å². The molecule has 186 valence electrons. The fraction of sp³-hybridized carbons (Fsp3) is 0.304. The summed E-state index contributed by atoms with van der Waals surface area (Å²) in [5.41, 5.74) is -0.135. The molecule has 2 heterocycles. The lowest BCUT2D eigenvalue weighted by Gasteiger charge is -2.26. The highest BCUT2D eigenvalue weighted by Gasteiger charge is 2.36. The number of halogens is 1. The van der Waals surface area contributed by atoms with Gasteiger partial charge in [0.1, 0.15) is 23.0 Å².